The Bertz CT molecular complexity index is 555. The van der Waals surface area contributed by atoms with Crippen molar-refractivity contribution in [2.45, 2.75) is 20.4 Å². The van der Waals surface area contributed by atoms with Crippen molar-refractivity contribution in [2.24, 2.45) is 0 Å². The molecular formula is C13H17BrN4O. The number of aryl methyl sites for hydroxylation is 1. The summed E-state index contributed by atoms with van der Waals surface area (Å²) in [5.41, 5.74) is 1.15. The maximum Gasteiger partial charge on any atom is 0.148 e. The third-order valence-corrected chi connectivity index (χ3v) is 3.58. The van der Waals surface area contributed by atoms with Crippen LogP contribution in [0.4, 0.5) is 11.6 Å². The number of nitrogens with zero attached hydrogens (tertiary/aromatic N) is 3. The Kier molecular flexibility index (Phi) is 4.42. The van der Waals surface area contributed by atoms with Crippen LogP contribution >= 0.6 is 15.9 Å². The Balaban J connectivity index is 2.21. The van der Waals surface area contributed by atoms with E-state index in [1.54, 1.807) is 12.6 Å². The monoisotopic (exact) mass is 324 g/mol. The van der Waals surface area contributed by atoms with E-state index in [1.807, 2.05) is 27.0 Å². The number of hydrogen-bond acceptors (Lipinski definition) is 5. The van der Waals surface area contributed by atoms with Gasteiger partial charge in [-0.2, -0.15) is 0 Å². The van der Waals surface area contributed by atoms with Crippen LogP contribution in [0.25, 0.3) is 0 Å². The summed E-state index contributed by atoms with van der Waals surface area (Å²) in [5, 5.41) is 3.20. The van der Waals surface area contributed by atoms with E-state index >= 15 is 0 Å². The summed E-state index contributed by atoms with van der Waals surface area (Å²) in [7, 11) is 2.00. The summed E-state index contributed by atoms with van der Waals surface area (Å²) < 4.78 is 6.19. The molecule has 0 saturated heterocycles. The predicted octanol–water partition coefficient (Wildman–Crippen LogP) is 3.21. The highest BCUT2D eigenvalue weighted by Crippen LogP contribution is 2.29. The van der Waals surface area contributed by atoms with Gasteiger partial charge < -0.3 is 14.6 Å². The molecule has 1 N–H and O–H groups in total. The van der Waals surface area contributed by atoms with Crippen LogP contribution in [0.5, 0.6) is 0 Å². The van der Waals surface area contributed by atoms with E-state index in [0.29, 0.717) is 0 Å². The van der Waals surface area contributed by atoms with Crippen molar-refractivity contribution < 1.29 is 4.42 Å². The zero-order chi connectivity index (χ0) is 13.8. The van der Waals surface area contributed by atoms with E-state index < -0.39 is 0 Å². The van der Waals surface area contributed by atoms with E-state index in [1.165, 1.54) is 0 Å². The number of nitrogens with one attached hydrogen (secondary N) is 1. The zero-order valence-corrected chi connectivity index (χ0v) is 12.9. The molecule has 2 aromatic heterocycles. The molecule has 0 fully saturated rings. The highest BCUT2D eigenvalue weighted by atomic mass is 79.9. The van der Waals surface area contributed by atoms with E-state index in [2.05, 4.69) is 36.1 Å². The molecule has 0 spiro atoms. The summed E-state index contributed by atoms with van der Waals surface area (Å²) in [4.78, 5) is 10.6. The first-order valence-electron chi connectivity index (χ1n) is 6.12. The van der Waals surface area contributed by atoms with Crippen molar-refractivity contribution in [3.8, 4) is 0 Å². The zero-order valence-electron chi connectivity index (χ0n) is 11.3. The summed E-state index contributed by atoms with van der Waals surface area (Å²) >= 11 is 3.55. The molecule has 0 amide bonds. The minimum atomic E-state index is 0.740. The fourth-order valence-corrected chi connectivity index (χ4v) is 2.47. The summed E-state index contributed by atoms with van der Waals surface area (Å²) in [5.74, 6) is 2.60. The molecule has 2 heterocycles. The van der Waals surface area contributed by atoms with Gasteiger partial charge in [-0.25, -0.2) is 9.97 Å². The fourth-order valence-electron chi connectivity index (χ4n) is 1.82. The van der Waals surface area contributed by atoms with Gasteiger partial charge in [0.25, 0.3) is 0 Å². The Morgan fingerprint density at radius 2 is 2.21 bits per heavy atom. The lowest BCUT2D eigenvalue weighted by Crippen LogP contribution is -2.19. The maximum atomic E-state index is 5.31. The topological polar surface area (TPSA) is 54.2 Å². The Morgan fingerprint density at radius 1 is 1.42 bits per heavy atom. The molecule has 0 aromatic carbocycles. The third kappa shape index (κ3) is 3.07. The summed E-state index contributed by atoms with van der Waals surface area (Å²) in [6.45, 7) is 5.55. The van der Waals surface area contributed by atoms with E-state index in [4.69, 9.17) is 4.42 Å². The smallest absolute Gasteiger partial charge is 0.148 e. The molecule has 19 heavy (non-hydrogen) atoms. The number of halogens is 1. The third-order valence-electron chi connectivity index (χ3n) is 2.85. The summed E-state index contributed by atoms with van der Waals surface area (Å²) in [6, 6.07) is 1.98. The van der Waals surface area contributed by atoms with Gasteiger partial charge in [0.05, 0.1) is 6.26 Å². The van der Waals surface area contributed by atoms with Crippen molar-refractivity contribution in [1.29, 1.82) is 0 Å². The minimum absolute atomic E-state index is 0.740. The number of furan rings is 1. The van der Waals surface area contributed by atoms with Crippen LogP contribution in [0, 0.1) is 6.92 Å². The predicted molar refractivity (Wildman–Crippen MR) is 79.4 cm³/mol. The molecule has 2 aromatic rings. The maximum absolute atomic E-state index is 5.31. The fraction of sp³-hybridized carbons (Fsp3) is 0.385. The second kappa shape index (κ2) is 6.06. The largest absolute Gasteiger partial charge is 0.469 e. The minimum Gasteiger partial charge on any atom is -0.469 e. The summed E-state index contributed by atoms with van der Waals surface area (Å²) in [6.07, 6.45) is 3.27. The van der Waals surface area contributed by atoms with Crippen LogP contribution in [0.2, 0.25) is 0 Å². The lowest BCUT2D eigenvalue weighted by molar-refractivity contribution is 0.529. The Hall–Kier alpha value is -1.56. The Labute approximate surface area is 121 Å². The van der Waals surface area contributed by atoms with Crippen LogP contribution in [-0.2, 0) is 6.54 Å². The molecule has 2 rings (SSSR count). The van der Waals surface area contributed by atoms with E-state index in [9.17, 15) is 0 Å². The molecule has 0 bridgehead atoms. The van der Waals surface area contributed by atoms with Crippen LogP contribution in [0.15, 0.2) is 27.5 Å². The molecule has 0 aliphatic heterocycles. The van der Waals surface area contributed by atoms with Gasteiger partial charge in [0.15, 0.2) is 0 Å². The second-order valence-corrected chi connectivity index (χ2v) is 5.04. The lowest BCUT2D eigenvalue weighted by atomic mass is 10.2. The lowest BCUT2D eigenvalue weighted by Gasteiger charge is -2.20. The molecular weight excluding hydrogens is 308 g/mol. The van der Waals surface area contributed by atoms with Gasteiger partial charge in [-0.15, -0.1) is 0 Å². The number of rotatable bonds is 5. The quantitative estimate of drug-likeness (QED) is 0.915. The molecule has 0 unspecified atom stereocenters. The number of anilines is 2. The van der Waals surface area contributed by atoms with E-state index in [-0.39, 0.29) is 0 Å². The van der Waals surface area contributed by atoms with Gasteiger partial charge >= 0.3 is 0 Å². The number of hydrogen-bond donors (Lipinski definition) is 1. The van der Waals surface area contributed by atoms with Gasteiger partial charge in [0.2, 0.25) is 0 Å². The molecule has 0 saturated carbocycles. The van der Waals surface area contributed by atoms with Gasteiger partial charge in [-0.05, 0) is 35.8 Å². The average Bonchev–Trinajstić information content (AvgIpc) is 2.78. The first-order valence-corrected chi connectivity index (χ1v) is 6.91. The van der Waals surface area contributed by atoms with Crippen LogP contribution < -0.4 is 10.2 Å². The number of aromatic nitrogens is 2. The van der Waals surface area contributed by atoms with Gasteiger partial charge in [-0.3, -0.25) is 0 Å². The first kappa shape index (κ1) is 13.9. The Morgan fingerprint density at radius 3 is 2.84 bits per heavy atom. The highest BCUT2D eigenvalue weighted by molar-refractivity contribution is 9.10. The second-order valence-electron chi connectivity index (χ2n) is 4.25. The molecule has 5 nitrogen and oxygen atoms in total. The molecule has 6 heteroatoms. The van der Waals surface area contributed by atoms with Crippen molar-refractivity contribution in [3.63, 3.8) is 0 Å². The van der Waals surface area contributed by atoms with Crippen molar-refractivity contribution in [2.75, 3.05) is 23.8 Å². The SMILES string of the molecule is CCNc1ncnc(N(C)Cc2ccoc2C)c1Br. The van der Waals surface area contributed by atoms with Crippen LogP contribution in [-0.4, -0.2) is 23.6 Å². The van der Waals surface area contributed by atoms with Gasteiger partial charge in [0, 0.05) is 25.7 Å². The van der Waals surface area contributed by atoms with Crippen molar-refractivity contribution in [3.05, 3.63) is 34.5 Å². The average molecular weight is 325 g/mol. The normalized spacial score (nSPS) is 10.5. The van der Waals surface area contributed by atoms with Gasteiger partial charge in [0.1, 0.15) is 28.2 Å². The van der Waals surface area contributed by atoms with Crippen molar-refractivity contribution in [1.82, 2.24) is 9.97 Å². The van der Waals surface area contributed by atoms with Crippen LogP contribution in [0.1, 0.15) is 18.2 Å². The standard InChI is InChI=1S/C13H17BrN4O/c1-4-15-12-11(14)13(17-8-16-12)18(3)7-10-5-6-19-9(10)2/h5-6,8H,4,7H2,1-3H3,(H,15,16,17). The molecule has 0 aliphatic carbocycles. The molecule has 102 valence electrons. The molecule has 0 atom stereocenters. The highest BCUT2D eigenvalue weighted by Gasteiger charge is 2.13. The molecule has 0 radical (unpaired) electrons. The van der Waals surface area contributed by atoms with E-state index in [0.717, 1.165) is 40.5 Å². The first-order chi connectivity index (χ1) is 9.13. The molecule has 0 aliphatic rings. The van der Waals surface area contributed by atoms with Gasteiger partial charge in [-0.1, -0.05) is 0 Å². The van der Waals surface area contributed by atoms with Crippen molar-refractivity contribution >= 4 is 27.6 Å². The van der Waals surface area contributed by atoms with Crippen LogP contribution in [0.3, 0.4) is 0 Å².